The Balaban J connectivity index is 0.00000148. The van der Waals surface area contributed by atoms with Gasteiger partial charge in [-0.15, -0.1) is 6.58 Å². The van der Waals surface area contributed by atoms with Gasteiger partial charge in [0.1, 0.15) is 6.54 Å². The van der Waals surface area contributed by atoms with Crippen LogP contribution in [-0.4, -0.2) is 90.8 Å². The monoisotopic (exact) mass is 640 g/mol. The summed E-state index contributed by atoms with van der Waals surface area (Å²) in [4.78, 5) is 5.86. The van der Waals surface area contributed by atoms with Crippen LogP contribution < -0.4 is 10.6 Å². The van der Waals surface area contributed by atoms with Crippen LogP contribution in [0.4, 0.5) is 24.5 Å². The molecule has 2 aliphatic rings. The normalized spacial score (nSPS) is 16.9. The SMILES string of the molecule is C=CC.CCc1cc(SN2CCN(C)CC2)ccc1NCC#Cc1cc2c(NC3CCN(C)CC3)cccc2n1CC(F)(F)F. The lowest BCUT2D eigenvalue weighted by atomic mass is 10.0. The third-order valence-electron chi connectivity index (χ3n) is 8.10. The molecule has 6 nitrogen and oxygen atoms in total. The first-order chi connectivity index (χ1) is 21.6. The van der Waals surface area contributed by atoms with E-state index in [1.54, 1.807) is 30.2 Å². The molecule has 0 bridgehead atoms. The molecule has 0 amide bonds. The fourth-order valence-electron chi connectivity index (χ4n) is 5.63. The molecule has 1 aromatic heterocycles. The number of rotatable bonds is 8. The molecule has 0 saturated carbocycles. The number of likely N-dealkylation sites (N-methyl/N-ethyl adjacent to an activating group) is 1. The molecule has 2 aromatic carbocycles. The van der Waals surface area contributed by atoms with Crippen molar-refractivity contribution in [1.82, 2.24) is 18.7 Å². The maximum Gasteiger partial charge on any atom is 0.406 e. The molecule has 2 saturated heterocycles. The van der Waals surface area contributed by atoms with Crippen LogP contribution in [-0.2, 0) is 13.0 Å². The Kier molecular flexibility index (Phi) is 12.7. The molecule has 0 spiro atoms. The average molecular weight is 641 g/mol. The van der Waals surface area contributed by atoms with Crippen molar-refractivity contribution in [3.8, 4) is 11.8 Å². The van der Waals surface area contributed by atoms with Gasteiger partial charge in [0.15, 0.2) is 0 Å². The summed E-state index contributed by atoms with van der Waals surface area (Å²) in [5, 5.41) is 7.76. The molecule has 0 unspecified atom stereocenters. The van der Waals surface area contributed by atoms with Crippen molar-refractivity contribution in [1.29, 1.82) is 0 Å². The van der Waals surface area contributed by atoms with Gasteiger partial charge in [0, 0.05) is 53.9 Å². The number of piperazine rings is 1. The molecule has 0 aliphatic carbocycles. The number of nitrogens with one attached hydrogen (secondary N) is 2. The number of aryl methyl sites for hydroxylation is 1. The first-order valence-corrected chi connectivity index (χ1v) is 16.6. The van der Waals surface area contributed by atoms with Gasteiger partial charge < -0.3 is 25.0 Å². The zero-order valence-electron chi connectivity index (χ0n) is 27.0. The van der Waals surface area contributed by atoms with Gasteiger partial charge in [0.2, 0.25) is 0 Å². The van der Waals surface area contributed by atoms with E-state index in [-0.39, 0.29) is 0 Å². The summed E-state index contributed by atoms with van der Waals surface area (Å²) in [5.74, 6) is 6.13. The van der Waals surface area contributed by atoms with Crippen molar-refractivity contribution in [2.45, 2.75) is 56.8 Å². The van der Waals surface area contributed by atoms with E-state index in [2.05, 4.69) is 82.4 Å². The summed E-state index contributed by atoms with van der Waals surface area (Å²) in [7, 11) is 4.27. The predicted molar refractivity (Wildman–Crippen MR) is 184 cm³/mol. The third kappa shape index (κ3) is 10.2. The average Bonchev–Trinajstić information content (AvgIpc) is 3.35. The van der Waals surface area contributed by atoms with Crippen molar-refractivity contribution in [2.24, 2.45) is 0 Å². The zero-order chi connectivity index (χ0) is 32.4. The number of allylic oxidation sites excluding steroid dienone is 1. The summed E-state index contributed by atoms with van der Waals surface area (Å²) in [5.41, 5.74) is 3.99. The van der Waals surface area contributed by atoms with Crippen LogP contribution in [0.3, 0.4) is 0 Å². The molecule has 0 radical (unpaired) electrons. The molecule has 2 aliphatic heterocycles. The van der Waals surface area contributed by atoms with Crippen LogP contribution in [0.1, 0.15) is 37.9 Å². The molecule has 0 atom stereocenters. The second-order valence-corrected chi connectivity index (χ2v) is 12.9. The number of likely N-dealkylation sites (tertiary alicyclic amines) is 1. The molecule has 244 valence electrons. The number of aromatic nitrogens is 1. The minimum Gasteiger partial charge on any atom is -0.382 e. The fraction of sp³-hybridized carbons (Fsp3) is 0.486. The zero-order valence-corrected chi connectivity index (χ0v) is 27.8. The Labute approximate surface area is 271 Å². The van der Waals surface area contributed by atoms with Gasteiger partial charge in [0.05, 0.1) is 17.8 Å². The van der Waals surface area contributed by atoms with Crippen LogP contribution >= 0.6 is 11.9 Å². The Morgan fingerprint density at radius 2 is 1.67 bits per heavy atom. The number of anilines is 2. The molecule has 3 heterocycles. The van der Waals surface area contributed by atoms with Crippen LogP contribution in [0.25, 0.3) is 10.9 Å². The number of nitrogens with zero attached hydrogens (tertiary/aromatic N) is 4. The van der Waals surface area contributed by atoms with Crippen LogP contribution in [0.15, 0.2) is 60.0 Å². The summed E-state index contributed by atoms with van der Waals surface area (Å²) in [6.45, 7) is 12.9. The molecule has 2 N–H and O–H groups in total. The first-order valence-electron chi connectivity index (χ1n) is 15.8. The molecule has 10 heteroatoms. The summed E-state index contributed by atoms with van der Waals surface area (Å²) >= 11 is 1.80. The van der Waals surface area contributed by atoms with Crippen molar-refractivity contribution in [2.75, 3.05) is 70.5 Å². The van der Waals surface area contributed by atoms with Crippen LogP contribution in [0.5, 0.6) is 0 Å². The van der Waals surface area contributed by atoms with Crippen molar-refractivity contribution >= 4 is 34.2 Å². The number of fused-ring (bicyclic) bond motifs is 1. The van der Waals surface area contributed by atoms with Gasteiger partial charge in [-0.2, -0.15) is 13.2 Å². The van der Waals surface area contributed by atoms with Gasteiger partial charge in [-0.05, 0) is 113 Å². The second kappa shape index (κ2) is 16.5. The minimum absolute atomic E-state index is 0.301. The van der Waals surface area contributed by atoms with Gasteiger partial charge in [-0.3, -0.25) is 0 Å². The lowest BCUT2D eigenvalue weighted by Crippen LogP contribution is -2.40. The van der Waals surface area contributed by atoms with E-state index in [1.165, 1.54) is 15.0 Å². The smallest absolute Gasteiger partial charge is 0.382 e. The predicted octanol–water partition coefficient (Wildman–Crippen LogP) is 7.18. The van der Waals surface area contributed by atoms with E-state index in [1.807, 2.05) is 19.1 Å². The highest BCUT2D eigenvalue weighted by atomic mass is 32.2. The maximum absolute atomic E-state index is 13.6. The fourth-order valence-corrected chi connectivity index (χ4v) is 6.60. The lowest BCUT2D eigenvalue weighted by Gasteiger charge is -2.31. The van der Waals surface area contributed by atoms with Gasteiger partial charge in [-0.25, -0.2) is 4.31 Å². The number of alkyl halides is 3. The number of hydrogen-bond acceptors (Lipinski definition) is 6. The van der Waals surface area contributed by atoms with E-state index < -0.39 is 12.7 Å². The quantitative estimate of drug-likeness (QED) is 0.154. The largest absolute Gasteiger partial charge is 0.406 e. The molecule has 2 fully saturated rings. The van der Waals surface area contributed by atoms with E-state index in [0.29, 0.717) is 23.8 Å². The Morgan fingerprint density at radius 3 is 2.33 bits per heavy atom. The molecular weight excluding hydrogens is 593 g/mol. The van der Waals surface area contributed by atoms with E-state index in [4.69, 9.17) is 0 Å². The van der Waals surface area contributed by atoms with Gasteiger partial charge in [0.25, 0.3) is 0 Å². The number of hydrogen-bond donors (Lipinski definition) is 2. The molecule has 3 aromatic rings. The van der Waals surface area contributed by atoms with E-state index in [9.17, 15) is 13.2 Å². The van der Waals surface area contributed by atoms with E-state index >= 15 is 0 Å². The molecule has 5 rings (SSSR count). The van der Waals surface area contributed by atoms with Crippen molar-refractivity contribution in [3.05, 3.63) is 66.4 Å². The summed E-state index contributed by atoms with van der Waals surface area (Å²) in [6.07, 6.45) is 0.283. The summed E-state index contributed by atoms with van der Waals surface area (Å²) in [6, 6.07) is 14.1. The van der Waals surface area contributed by atoms with Crippen molar-refractivity contribution < 1.29 is 13.2 Å². The standard InChI is InChI=1S/C32H41F3N6S.C3H6/c1-4-24-21-27(42-40-19-17-39(3)18-20-40)10-11-29(24)36-14-6-7-26-22-28-30(37-25-12-15-38(2)16-13-25)8-5-9-31(28)41(26)23-32(33,34)35;1-3-2/h5,8-11,21-22,25,36-37H,4,12-20,23H2,1-3H3;3H,1H2,2H3. The highest BCUT2D eigenvalue weighted by Gasteiger charge is 2.30. The Bertz CT molecular complexity index is 1460. The van der Waals surface area contributed by atoms with Crippen LogP contribution in [0, 0.1) is 11.8 Å². The Hall–Kier alpha value is -3.10. The highest BCUT2D eigenvalue weighted by molar-refractivity contribution is 7.97. The first kappa shape index (κ1) is 34.8. The number of piperidine rings is 1. The molecular formula is C35H47F3N6S. The minimum atomic E-state index is -4.35. The lowest BCUT2D eigenvalue weighted by molar-refractivity contribution is -0.140. The number of benzene rings is 2. The van der Waals surface area contributed by atoms with Crippen LogP contribution in [0.2, 0.25) is 0 Å². The maximum atomic E-state index is 13.6. The van der Waals surface area contributed by atoms with Crippen molar-refractivity contribution in [3.63, 3.8) is 0 Å². The Morgan fingerprint density at radius 1 is 0.978 bits per heavy atom. The second-order valence-electron chi connectivity index (χ2n) is 11.8. The van der Waals surface area contributed by atoms with E-state index in [0.717, 1.165) is 75.3 Å². The summed E-state index contributed by atoms with van der Waals surface area (Å²) < 4.78 is 44.6. The topological polar surface area (TPSA) is 38.7 Å². The number of halogens is 3. The van der Waals surface area contributed by atoms with Gasteiger partial charge in [-0.1, -0.05) is 25.0 Å². The van der Waals surface area contributed by atoms with Gasteiger partial charge >= 0.3 is 6.18 Å². The third-order valence-corrected chi connectivity index (χ3v) is 9.19. The molecule has 45 heavy (non-hydrogen) atoms. The highest BCUT2D eigenvalue weighted by Crippen LogP contribution is 2.32.